The van der Waals surface area contributed by atoms with E-state index in [0.717, 1.165) is 18.5 Å². The summed E-state index contributed by atoms with van der Waals surface area (Å²) < 4.78 is 0. The molecule has 1 aliphatic rings. The topological polar surface area (TPSA) is 49.4 Å². The van der Waals surface area contributed by atoms with Crippen LogP contribution in [0.5, 0.6) is 0 Å². The standard InChI is InChI=1S/C23H18Cl2N2O2/c24-18-12-17(13-19(25)14-18)22(28)26-20-9-7-16(8-10-20)23(29)27-11-3-5-15-4-1-2-6-21(15)27/h1-2,4,6-10,12-14H,3,5,11H2,(H,26,28). The number of benzene rings is 3. The number of rotatable bonds is 3. The van der Waals surface area contributed by atoms with Crippen molar-refractivity contribution in [1.82, 2.24) is 0 Å². The summed E-state index contributed by atoms with van der Waals surface area (Å²) in [6.07, 6.45) is 1.93. The molecule has 0 unspecified atom stereocenters. The van der Waals surface area contributed by atoms with Crippen LogP contribution in [0.1, 0.15) is 32.7 Å². The van der Waals surface area contributed by atoms with E-state index < -0.39 is 0 Å². The first-order chi connectivity index (χ1) is 14.0. The molecule has 1 N–H and O–H groups in total. The van der Waals surface area contributed by atoms with Gasteiger partial charge >= 0.3 is 0 Å². The quantitative estimate of drug-likeness (QED) is 0.573. The number of hydrogen-bond acceptors (Lipinski definition) is 2. The van der Waals surface area contributed by atoms with Gasteiger partial charge in [-0.3, -0.25) is 9.59 Å². The molecule has 29 heavy (non-hydrogen) atoms. The first-order valence-electron chi connectivity index (χ1n) is 9.28. The first kappa shape index (κ1) is 19.5. The van der Waals surface area contributed by atoms with Crippen LogP contribution >= 0.6 is 23.2 Å². The number of halogens is 2. The van der Waals surface area contributed by atoms with Gasteiger partial charge in [0, 0.05) is 39.1 Å². The Hall–Kier alpha value is -2.82. The summed E-state index contributed by atoms with van der Waals surface area (Å²) in [5.41, 5.74) is 3.69. The number of carbonyl (C=O) groups is 2. The summed E-state index contributed by atoms with van der Waals surface area (Å²) in [6, 6.07) is 19.5. The minimum absolute atomic E-state index is 0.0448. The average Bonchev–Trinajstić information content (AvgIpc) is 2.72. The molecule has 0 radical (unpaired) electrons. The van der Waals surface area contributed by atoms with Crippen molar-refractivity contribution in [2.45, 2.75) is 12.8 Å². The van der Waals surface area contributed by atoms with Crippen LogP contribution in [0.25, 0.3) is 0 Å². The SMILES string of the molecule is O=C(Nc1ccc(C(=O)N2CCCc3ccccc32)cc1)c1cc(Cl)cc(Cl)c1. The zero-order valence-electron chi connectivity index (χ0n) is 15.5. The summed E-state index contributed by atoms with van der Waals surface area (Å²) in [5, 5.41) is 3.58. The van der Waals surface area contributed by atoms with E-state index in [1.807, 2.05) is 23.1 Å². The van der Waals surface area contributed by atoms with Gasteiger partial charge in [-0.15, -0.1) is 0 Å². The van der Waals surface area contributed by atoms with E-state index in [-0.39, 0.29) is 11.8 Å². The normalized spacial score (nSPS) is 13.0. The molecule has 0 aliphatic carbocycles. The van der Waals surface area contributed by atoms with Gasteiger partial charge in [0.25, 0.3) is 11.8 Å². The maximum absolute atomic E-state index is 13.0. The van der Waals surface area contributed by atoms with Gasteiger partial charge in [-0.05, 0) is 66.9 Å². The smallest absolute Gasteiger partial charge is 0.258 e. The van der Waals surface area contributed by atoms with Crippen molar-refractivity contribution >= 4 is 46.4 Å². The van der Waals surface area contributed by atoms with Crippen LogP contribution in [0.4, 0.5) is 11.4 Å². The third kappa shape index (κ3) is 4.29. The second-order valence-electron chi connectivity index (χ2n) is 6.88. The van der Waals surface area contributed by atoms with Crippen molar-refractivity contribution in [3.05, 3.63) is 93.5 Å². The van der Waals surface area contributed by atoms with Gasteiger partial charge in [-0.25, -0.2) is 0 Å². The van der Waals surface area contributed by atoms with Crippen LogP contribution in [-0.4, -0.2) is 18.4 Å². The lowest BCUT2D eigenvalue weighted by Crippen LogP contribution is -2.35. The molecule has 146 valence electrons. The molecule has 1 heterocycles. The second-order valence-corrected chi connectivity index (χ2v) is 7.75. The molecule has 4 rings (SSSR count). The molecule has 0 aromatic heterocycles. The van der Waals surface area contributed by atoms with Gasteiger partial charge in [0.2, 0.25) is 0 Å². The molecule has 0 spiro atoms. The monoisotopic (exact) mass is 424 g/mol. The lowest BCUT2D eigenvalue weighted by atomic mass is 10.0. The molecule has 0 saturated carbocycles. The molecule has 3 aromatic rings. The van der Waals surface area contributed by atoms with E-state index in [1.54, 1.807) is 42.5 Å². The van der Waals surface area contributed by atoms with Gasteiger partial charge in [0.1, 0.15) is 0 Å². The highest BCUT2D eigenvalue weighted by Gasteiger charge is 2.23. The lowest BCUT2D eigenvalue weighted by Gasteiger charge is -2.29. The molecular formula is C23H18Cl2N2O2. The Morgan fingerprint density at radius 3 is 2.28 bits per heavy atom. The van der Waals surface area contributed by atoms with E-state index in [2.05, 4.69) is 11.4 Å². The van der Waals surface area contributed by atoms with Crippen LogP contribution in [0.2, 0.25) is 10.0 Å². The van der Waals surface area contributed by atoms with Crippen molar-refractivity contribution in [2.75, 3.05) is 16.8 Å². The van der Waals surface area contributed by atoms with Crippen LogP contribution < -0.4 is 10.2 Å². The predicted octanol–water partition coefficient (Wildman–Crippen LogP) is 5.84. The highest BCUT2D eigenvalue weighted by molar-refractivity contribution is 6.35. The maximum atomic E-state index is 13.0. The molecule has 4 nitrogen and oxygen atoms in total. The number of nitrogens with one attached hydrogen (secondary N) is 1. The van der Waals surface area contributed by atoms with Gasteiger partial charge < -0.3 is 10.2 Å². The number of amides is 2. The molecule has 1 aliphatic heterocycles. The molecular weight excluding hydrogens is 407 g/mol. The molecule has 6 heteroatoms. The average molecular weight is 425 g/mol. The molecule has 2 amide bonds. The predicted molar refractivity (Wildman–Crippen MR) is 117 cm³/mol. The van der Waals surface area contributed by atoms with Crippen molar-refractivity contribution < 1.29 is 9.59 Å². The fourth-order valence-corrected chi connectivity index (χ4v) is 4.01. The molecule has 0 saturated heterocycles. The zero-order chi connectivity index (χ0) is 20.4. The minimum Gasteiger partial charge on any atom is -0.322 e. The number of anilines is 2. The summed E-state index contributed by atoms with van der Waals surface area (Å²) in [5.74, 6) is -0.366. The Bertz CT molecular complexity index is 1060. The number of nitrogens with zero attached hydrogens (tertiary/aromatic N) is 1. The third-order valence-electron chi connectivity index (χ3n) is 4.87. The van der Waals surface area contributed by atoms with Crippen molar-refractivity contribution in [1.29, 1.82) is 0 Å². The van der Waals surface area contributed by atoms with Gasteiger partial charge in [-0.1, -0.05) is 41.4 Å². The third-order valence-corrected chi connectivity index (χ3v) is 5.31. The van der Waals surface area contributed by atoms with E-state index in [9.17, 15) is 9.59 Å². The van der Waals surface area contributed by atoms with Crippen molar-refractivity contribution in [2.24, 2.45) is 0 Å². The van der Waals surface area contributed by atoms with E-state index in [0.29, 0.717) is 33.4 Å². The molecule has 0 bridgehead atoms. The van der Waals surface area contributed by atoms with Crippen LogP contribution in [0.15, 0.2) is 66.7 Å². The Balaban J connectivity index is 1.50. The Morgan fingerprint density at radius 1 is 0.862 bits per heavy atom. The van der Waals surface area contributed by atoms with Crippen molar-refractivity contribution in [3.8, 4) is 0 Å². The number of para-hydroxylation sites is 1. The number of fused-ring (bicyclic) bond motifs is 1. The Morgan fingerprint density at radius 2 is 1.55 bits per heavy atom. The highest BCUT2D eigenvalue weighted by Crippen LogP contribution is 2.28. The fraction of sp³-hybridized carbons (Fsp3) is 0.130. The van der Waals surface area contributed by atoms with Gasteiger partial charge in [-0.2, -0.15) is 0 Å². The molecule has 3 aromatic carbocycles. The Labute approximate surface area is 179 Å². The molecule has 0 atom stereocenters. The van der Waals surface area contributed by atoms with Crippen LogP contribution in [0, 0.1) is 0 Å². The van der Waals surface area contributed by atoms with E-state index in [1.165, 1.54) is 5.56 Å². The summed E-state index contributed by atoms with van der Waals surface area (Å²) in [6.45, 7) is 0.698. The van der Waals surface area contributed by atoms with Gasteiger partial charge in [0.15, 0.2) is 0 Å². The minimum atomic E-state index is -0.321. The molecule has 0 fully saturated rings. The second kappa shape index (κ2) is 8.27. The number of carbonyl (C=O) groups excluding carboxylic acids is 2. The van der Waals surface area contributed by atoms with Crippen LogP contribution in [0.3, 0.4) is 0 Å². The largest absolute Gasteiger partial charge is 0.322 e. The summed E-state index contributed by atoms with van der Waals surface area (Å²) >= 11 is 11.9. The van der Waals surface area contributed by atoms with Crippen LogP contribution in [-0.2, 0) is 6.42 Å². The fourth-order valence-electron chi connectivity index (χ4n) is 3.48. The Kier molecular flexibility index (Phi) is 5.56. The maximum Gasteiger partial charge on any atom is 0.258 e. The zero-order valence-corrected chi connectivity index (χ0v) is 17.0. The lowest BCUT2D eigenvalue weighted by molar-refractivity contribution is 0.0984. The number of hydrogen-bond donors (Lipinski definition) is 1. The first-order valence-corrected chi connectivity index (χ1v) is 10.0. The summed E-state index contributed by atoms with van der Waals surface area (Å²) in [4.78, 5) is 27.2. The van der Waals surface area contributed by atoms with Gasteiger partial charge in [0.05, 0.1) is 0 Å². The van der Waals surface area contributed by atoms with Crippen molar-refractivity contribution in [3.63, 3.8) is 0 Å². The highest BCUT2D eigenvalue weighted by atomic mass is 35.5. The van der Waals surface area contributed by atoms with E-state index >= 15 is 0 Å². The number of aryl methyl sites for hydroxylation is 1. The summed E-state index contributed by atoms with van der Waals surface area (Å²) in [7, 11) is 0. The van der Waals surface area contributed by atoms with E-state index in [4.69, 9.17) is 23.2 Å².